The van der Waals surface area contributed by atoms with Gasteiger partial charge in [-0.05, 0) is 26.0 Å². The van der Waals surface area contributed by atoms with Crippen LogP contribution in [0.25, 0.3) is 0 Å². The zero-order valence-corrected chi connectivity index (χ0v) is 13.2. The Hall–Kier alpha value is -1.95. The predicted molar refractivity (Wildman–Crippen MR) is 85.6 cm³/mol. The van der Waals surface area contributed by atoms with Gasteiger partial charge in [-0.2, -0.15) is 0 Å². The van der Waals surface area contributed by atoms with Crippen molar-refractivity contribution in [3.05, 3.63) is 18.2 Å². The van der Waals surface area contributed by atoms with Crippen LogP contribution in [0.15, 0.2) is 23.2 Å². The molecule has 0 saturated carbocycles. The summed E-state index contributed by atoms with van der Waals surface area (Å²) in [6.07, 6.45) is 0. The van der Waals surface area contributed by atoms with Crippen molar-refractivity contribution in [2.24, 2.45) is 4.99 Å². The molecule has 0 fully saturated rings. The molecule has 0 heterocycles. The van der Waals surface area contributed by atoms with Gasteiger partial charge in [0.1, 0.15) is 0 Å². The van der Waals surface area contributed by atoms with E-state index in [2.05, 4.69) is 15.6 Å². The van der Waals surface area contributed by atoms with Crippen LogP contribution in [0, 0.1) is 0 Å². The third-order valence-corrected chi connectivity index (χ3v) is 2.64. The van der Waals surface area contributed by atoms with Crippen molar-refractivity contribution < 1.29 is 14.2 Å². The summed E-state index contributed by atoms with van der Waals surface area (Å²) in [5.41, 5.74) is 0.882. The molecule has 0 unspecified atom stereocenters. The van der Waals surface area contributed by atoms with Crippen molar-refractivity contribution in [1.82, 2.24) is 5.32 Å². The van der Waals surface area contributed by atoms with Gasteiger partial charge >= 0.3 is 0 Å². The number of hydrogen-bond acceptors (Lipinski definition) is 4. The quantitative estimate of drug-likeness (QED) is 0.437. The van der Waals surface area contributed by atoms with Crippen molar-refractivity contribution in [3.8, 4) is 11.5 Å². The highest BCUT2D eigenvalue weighted by molar-refractivity contribution is 5.93. The minimum atomic E-state index is 0.586. The van der Waals surface area contributed by atoms with Crippen molar-refractivity contribution in [3.63, 3.8) is 0 Å². The minimum Gasteiger partial charge on any atom is -0.493 e. The van der Waals surface area contributed by atoms with Crippen LogP contribution < -0.4 is 20.1 Å². The lowest BCUT2D eigenvalue weighted by molar-refractivity contribution is 0.208. The highest BCUT2D eigenvalue weighted by Crippen LogP contribution is 2.30. The lowest BCUT2D eigenvalue weighted by Gasteiger charge is -2.14. The van der Waals surface area contributed by atoms with Gasteiger partial charge in [0.25, 0.3) is 0 Å². The largest absolute Gasteiger partial charge is 0.493 e. The summed E-state index contributed by atoms with van der Waals surface area (Å²) in [6, 6.07) is 5.69. The molecule has 0 radical (unpaired) electrons. The smallest absolute Gasteiger partial charge is 0.195 e. The van der Waals surface area contributed by atoms with E-state index >= 15 is 0 Å². The Labute approximate surface area is 126 Å². The van der Waals surface area contributed by atoms with Crippen molar-refractivity contribution >= 4 is 11.6 Å². The van der Waals surface area contributed by atoms with Crippen molar-refractivity contribution in [2.75, 3.05) is 45.8 Å². The molecular weight excluding hydrogens is 270 g/mol. The summed E-state index contributed by atoms with van der Waals surface area (Å²) in [5, 5.41) is 6.41. The average molecular weight is 295 g/mol. The second kappa shape index (κ2) is 9.88. The average Bonchev–Trinajstić information content (AvgIpc) is 2.49. The lowest BCUT2D eigenvalue weighted by atomic mass is 10.2. The van der Waals surface area contributed by atoms with E-state index < -0.39 is 0 Å². The Balaban J connectivity index is 2.80. The van der Waals surface area contributed by atoms with Crippen LogP contribution in [0.2, 0.25) is 0 Å². The lowest BCUT2D eigenvalue weighted by Crippen LogP contribution is -2.31. The van der Waals surface area contributed by atoms with Gasteiger partial charge in [-0.3, -0.25) is 4.99 Å². The second-order valence-electron chi connectivity index (χ2n) is 4.18. The molecule has 0 saturated heterocycles. The number of guanidine groups is 1. The highest BCUT2D eigenvalue weighted by atomic mass is 16.5. The first-order valence-corrected chi connectivity index (χ1v) is 7.10. The third-order valence-electron chi connectivity index (χ3n) is 2.64. The zero-order valence-electron chi connectivity index (χ0n) is 13.2. The Kier molecular flexibility index (Phi) is 8.04. The molecule has 0 aliphatic carbocycles. The van der Waals surface area contributed by atoms with Gasteiger partial charge in [0.15, 0.2) is 17.5 Å². The topological polar surface area (TPSA) is 64.1 Å². The maximum absolute atomic E-state index is 5.50. The number of nitrogens with one attached hydrogen (secondary N) is 2. The Morgan fingerprint density at radius 3 is 2.62 bits per heavy atom. The fourth-order valence-corrected chi connectivity index (χ4v) is 1.71. The summed E-state index contributed by atoms with van der Waals surface area (Å²) < 4.78 is 15.8. The molecule has 0 bridgehead atoms. The van der Waals surface area contributed by atoms with E-state index in [9.17, 15) is 0 Å². The monoisotopic (exact) mass is 295 g/mol. The number of benzene rings is 1. The Morgan fingerprint density at radius 2 is 2.00 bits per heavy atom. The number of ether oxygens (including phenoxy) is 3. The van der Waals surface area contributed by atoms with Crippen molar-refractivity contribution in [2.45, 2.75) is 13.8 Å². The van der Waals surface area contributed by atoms with Crippen LogP contribution in [-0.2, 0) is 4.74 Å². The van der Waals surface area contributed by atoms with E-state index in [-0.39, 0.29) is 0 Å². The highest BCUT2D eigenvalue weighted by Gasteiger charge is 2.06. The van der Waals surface area contributed by atoms with E-state index in [0.29, 0.717) is 31.5 Å². The number of methoxy groups -OCH3 is 2. The first kappa shape index (κ1) is 17.1. The van der Waals surface area contributed by atoms with E-state index in [1.807, 2.05) is 32.0 Å². The van der Waals surface area contributed by atoms with E-state index in [0.717, 1.165) is 18.0 Å². The molecule has 1 aromatic carbocycles. The van der Waals surface area contributed by atoms with Crippen LogP contribution in [0.4, 0.5) is 5.69 Å². The Bertz CT molecular complexity index is 450. The molecule has 0 aliphatic heterocycles. The van der Waals surface area contributed by atoms with Crippen LogP contribution in [-0.4, -0.2) is 46.5 Å². The summed E-state index contributed by atoms with van der Waals surface area (Å²) in [5.74, 6) is 2.13. The van der Waals surface area contributed by atoms with Gasteiger partial charge in [-0.15, -0.1) is 0 Å². The molecule has 6 heteroatoms. The first-order valence-electron chi connectivity index (χ1n) is 7.10. The molecule has 0 atom stereocenters. The molecule has 0 aromatic heterocycles. The third kappa shape index (κ3) is 5.91. The number of rotatable bonds is 8. The van der Waals surface area contributed by atoms with E-state index in [1.54, 1.807) is 14.2 Å². The maximum atomic E-state index is 5.50. The minimum absolute atomic E-state index is 0.586. The molecule has 0 amide bonds. The number of hydrogen-bond donors (Lipinski definition) is 2. The van der Waals surface area contributed by atoms with Gasteiger partial charge in [-0.25, -0.2) is 0 Å². The van der Waals surface area contributed by atoms with Gasteiger partial charge in [0, 0.05) is 25.4 Å². The number of nitrogens with zero attached hydrogens (tertiary/aromatic N) is 1. The summed E-state index contributed by atoms with van der Waals surface area (Å²) in [4.78, 5) is 4.41. The summed E-state index contributed by atoms with van der Waals surface area (Å²) in [6.45, 7) is 6.53. The number of aliphatic imine (C=N–C) groups is 1. The summed E-state index contributed by atoms with van der Waals surface area (Å²) >= 11 is 0. The molecule has 21 heavy (non-hydrogen) atoms. The van der Waals surface area contributed by atoms with Gasteiger partial charge in [0.05, 0.1) is 26.9 Å². The van der Waals surface area contributed by atoms with Crippen LogP contribution in [0.3, 0.4) is 0 Å². The molecule has 0 spiro atoms. The van der Waals surface area contributed by atoms with Crippen LogP contribution in [0.5, 0.6) is 11.5 Å². The molecule has 118 valence electrons. The zero-order chi connectivity index (χ0) is 15.5. The van der Waals surface area contributed by atoms with Crippen LogP contribution in [0.1, 0.15) is 13.8 Å². The van der Waals surface area contributed by atoms with Gasteiger partial charge in [0.2, 0.25) is 0 Å². The molecule has 0 aliphatic rings. The summed E-state index contributed by atoms with van der Waals surface area (Å²) in [7, 11) is 3.28. The SMILES string of the molecule is CCNC(=NCCOC)Nc1ccc(OCC)c(OC)c1. The normalized spacial score (nSPS) is 11.1. The molecular formula is C15H25N3O3. The number of anilines is 1. The van der Waals surface area contributed by atoms with E-state index in [1.165, 1.54) is 0 Å². The van der Waals surface area contributed by atoms with Gasteiger partial charge in [-0.1, -0.05) is 0 Å². The molecule has 1 aromatic rings. The standard InChI is InChI=1S/C15H25N3O3/c1-5-16-15(17-9-10-19-3)18-12-7-8-13(21-6-2)14(11-12)20-4/h7-8,11H,5-6,9-10H2,1-4H3,(H2,16,17,18). The van der Waals surface area contributed by atoms with Crippen LogP contribution >= 0.6 is 0 Å². The Morgan fingerprint density at radius 1 is 1.19 bits per heavy atom. The fourth-order valence-electron chi connectivity index (χ4n) is 1.71. The maximum Gasteiger partial charge on any atom is 0.195 e. The fraction of sp³-hybridized carbons (Fsp3) is 0.533. The molecule has 6 nitrogen and oxygen atoms in total. The van der Waals surface area contributed by atoms with Crippen molar-refractivity contribution in [1.29, 1.82) is 0 Å². The van der Waals surface area contributed by atoms with E-state index in [4.69, 9.17) is 14.2 Å². The first-order chi connectivity index (χ1) is 10.2. The second-order valence-corrected chi connectivity index (χ2v) is 4.18. The molecule has 1 rings (SSSR count). The molecule has 2 N–H and O–H groups in total. The van der Waals surface area contributed by atoms with Gasteiger partial charge < -0.3 is 24.8 Å². The predicted octanol–water partition coefficient (Wildman–Crippen LogP) is 2.12.